The first-order chi connectivity index (χ1) is 12.4. The number of halogens is 1. The Morgan fingerprint density at radius 1 is 1.31 bits per heavy atom. The molecule has 4 N–H and O–H groups in total. The van der Waals surface area contributed by atoms with Gasteiger partial charge in [-0.05, 0) is 42.7 Å². The molecule has 0 fully saturated rings. The number of rotatable bonds is 6. The Labute approximate surface area is 158 Å². The number of nitrogens with one attached hydrogen (secondary N) is 2. The Morgan fingerprint density at radius 2 is 2.00 bits per heavy atom. The molecule has 0 saturated heterocycles. The van der Waals surface area contributed by atoms with E-state index in [4.69, 9.17) is 17.3 Å². The maximum Gasteiger partial charge on any atom is 0.263 e. The van der Waals surface area contributed by atoms with Crippen LogP contribution in [0, 0.1) is 11.3 Å². The van der Waals surface area contributed by atoms with Crippen molar-refractivity contribution < 1.29 is 4.79 Å². The summed E-state index contributed by atoms with van der Waals surface area (Å²) in [4.78, 5) is 12.3. The number of nitrogen functional groups attached to an aromatic ring is 1. The van der Waals surface area contributed by atoms with E-state index in [1.165, 1.54) is 11.8 Å². The molecule has 134 valence electrons. The van der Waals surface area contributed by atoms with E-state index in [2.05, 4.69) is 17.6 Å². The van der Waals surface area contributed by atoms with Crippen LogP contribution in [0.3, 0.4) is 0 Å². The predicted octanol–water partition coefficient (Wildman–Crippen LogP) is 4.18. The fourth-order valence-corrected chi connectivity index (χ4v) is 2.59. The number of carbonyl (C=O) groups is 1. The van der Waals surface area contributed by atoms with Crippen molar-refractivity contribution in [3.63, 3.8) is 0 Å². The van der Waals surface area contributed by atoms with Crippen molar-refractivity contribution in [1.82, 2.24) is 5.32 Å². The maximum absolute atomic E-state index is 12.3. The second kappa shape index (κ2) is 8.93. The fourth-order valence-electron chi connectivity index (χ4n) is 2.35. The van der Waals surface area contributed by atoms with Gasteiger partial charge in [-0.2, -0.15) is 5.26 Å². The molecule has 0 saturated carbocycles. The number of aryl methyl sites for hydroxylation is 1. The minimum absolute atomic E-state index is 0.0464. The minimum atomic E-state index is -0.460. The first-order valence-corrected chi connectivity index (χ1v) is 8.64. The molecule has 0 aromatic heterocycles. The molecule has 0 aliphatic rings. The SMILES string of the molecule is CCc1ccc(C(C)NC(=O)/C(C#N)=C\Nc2ccc(N)cc2Cl)cc1. The third kappa shape index (κ3) is 5.01. The Morgan fingerprint density at radius 3 is 2.58 bits per heavy atom. The molecule has 2 aromatic rings. The number of carbonyl (C=O) groups excluding carboxylic acids is 1. The zero-order valence-electron chi connectivity index (χ0n) is 14.7. The van der Waals surface area contributed by atoms with Gasteiger partial charge in [0.25, 0.3) is 5.91 Å². The van der Waals surface area contributed by atoms with Gasteiger partial charge in [-0.15, -0.1) is 0 Å². The summed E-state index contributed by atoms with van der Waals surface area (Å²) >= 11 is 6.07. The van der Waals surface area contributed by atoms with E-state index >= 15 is 0 Å². The minimum Gasteiger partial charge on any atom is -0.399 e. The normalized spacial score (nSPS) is 12.2. The van der Waals surface area contributed by atoms with Crippen LogP contribution >= 0.6 is 11.6 Å². The number of benzene rings is 2. The monoisotopic (exact) mass is 368 g/mol. The zero-order chi connectivity index (χ0) is 19.1. The van der Waals surface area contributed by atoms with Crippen molar-refractivity contribution in [3.8, 4) is 6.07 Å². The third-order valence-electron chi connectivity index (χ3n) is 3.97. The highest BCUT2D eigenvalue weighted by molar-refractivity contribution is 6.33. The summed E-state index contributed by atoms with van der Waals surface area (Å²) in [6.07, 6.45) is 2.29. The molecule has 0 aliphatic carbocycles. The van der Waals surface area contributed by atoms with Crippen LogP contribution in [0.25, 0.3) is 0 Å². The van der Waals surface area contributed by atoms with Crippen LogP contribution in [0.5, 0.6) is 0 Å². The van der Waals surface area contributed by atoms with Crippen LogP contribution < -0.4 is 16.4 Å². The second-order valence-corrected chi connectivity index (χ2v) is 6.25. The second-order valence-electron chi connectivity index (χ2n) is 5.84. The summed E-state index contributed by atoms with van der Waals surface area (Å²) in [6.45, 7) is 3.96. The molecule has 2 aromatic carbocycles. The molecule has 1 atom stereocenters. The number of nitrogens with zero attached hydrogens (tertiary/aromatic N) is 1. The lowest BCUT2D eigenvalue weighted by atomic mass is 10.0. The zero-order valence-corrected chi connectivity index (χ0v) is 15.5. The van der Waals surface area contributed by atoms with Crippen LogP contribution in [-0.4, -0.2) is 5.91 Å². The van der Waals surface area contributed by atoms with Gasteiger partial charge in [0, 0.05) is 11.9 Å². The van der Waals surface area contributed by atoms with Gasteiger partial charge >= 0.3 is 0 Å². The van der Waals surface area contributed by atoms with Crippen LogP contribution in [0.4, 0.5) is 11.4 Å². The quantitative estimate of drug-likeness (QED) is 0.405. The van der Waals surface area contributed by atoms with Gasteiger partial charge in [-0.1, -0.05) is 42.8 Å². The number of nitrogens with two attached hydrogens (primary N) is 1. The molecular formula is C20H21ClN4O. The number of anilines is 2. The van der Waals surface area contributed by atoms with Gasteiger partial charge in [0.15, 0.2) is 0 Å². The van der Waals surface area contributed by atoms with Gasteiger partial charge in [0.1, 0.15) is 11.6 Å². The summed E-state index contributed by atoms with van der Waals surface area (Å²) in [5, 5.41) is 15.4. The van der Waals surface area contributed by atoms with E-state index in [-0.39, 0.29) is 11.6 Å². The van der Waals surface area contributed by atoms with Gasteiger partial charge in [-0.25, -0.2) is 0 Å². The van der Waals surface area contributed by atoms with Crippen molar-refractivity contribution in [2.75, 3.05) is 11.1 Å². The summed E-state index contributed by atoms with van der Waals surface area (Å²) in [7, 11) is 0. The van der Waals surface area contributed by atoms with Crippen LogP contribution in [0.15, 0.2) is 54.2 Å². The first-order valence-electron chi connectivity index (χ1n) is 8.26. The van der Waals surface area contributed by atoms with Crippen LogP contribution in [0.2, 0.25) is 5.02 Å². The topological polar surface area (TPSA) is 90.9 Å². The highest BCUT2D eigenvalue weighted by atomic mass is 35.5. The molecule has 0 bridgehead atoms. The molecule has 2 rings (SSSR count). The number of hydrogen-bond acceptors (Lipinski definition) is 4. The van der Waals surface area contributed by atoms with Crippen molar-refractivity contribution in [3.05, 3.63) is 70.4 Å². The molecule has 0 aliphatic heterocycles. The molecule has 0 heterocycles. The van der Waals surface area contributed by atoms with E-state index in [1.54, 1.807) is 18.2 Å². The number of nitriles is 1. The molecule has 6 heteroatoms. The fraction of sp³-hybridized carbons (Fsp3) is 0.200. The Hall–Kier alpha value is -2.97. The van der Waals surface area contributed by atoms with Gasteiger partial charge in [0.2, 0.25) is 0 Å². The van der Waals surface area contributed by atoms with E-state index in [1.807, 2.05) is 37.3 Å². The van der Waals surface area contributed by atoms with Crippen molar-refractivity contribution in [1.29, 1.82) is 5.26 Å². The Balaban J connectivity index is 2.06. The summed E-state index contributed by atoms with van der Waals surface area (Å²) < 4.78 is 0. The lowest BCUT2D eigenvalue weighted by Gasteiger charge is -2.14. The molecule has 0 radical (unpaired) electrons. The van der Waals surface area contributed by atoms with E-state index in [9.17, 15) is 10.1 Å². The number of amides is 1. The summed E-state index contributed by atoms with van der Waals surface area (Å²) in [5.41, 5.74) is 8.89. The van der Waals surface area contributed by atoms with Crippen molar-refractivity contribution >= 4 is 28.9 Å². The number of hydrogen-bond donors (Lipinski definition) is 3. The Kier molecular flexibility index (Phi) is 6.65. The Bertz CT molecular complexity index is 853. The molecule has 5 nitrogen and oxygen atoms in total. The smallest absolute Gasteiger partial charge is 0.263 e. The molecule has 26 heavy (non-hydrogen) atoms. The molecule has 1 amide bonds. The van der Waals surface area contributed by atoms with Crippen molar-refractivity contribution in [2.45, 2.75) is 26.3 Å². The lowest BCUT2D eigenvalue weighted by molar-refractivity contribution is -0.117. The maximum atomic E-state index is 12.3. The average molecular weight is 369 g/mol. The van der Waals surface area contributed by atoms with E-state index in [0.29, 0.717) is 16.4 Å². The van der Waals surface area contributed by atoms with Crippen molar-refractivity contribution in [2.24, 2.45) is 0 Å². The summed E-state index contributed by atoms with van der Waals surface area (Å²) in [5.74, 6) is -0.460. The van der Waals surface area contributed by atoms with Gasteiger partial charge in [0.05, 0.1) is 16.8 Å². The highest BCUT2D eigenvalue weighted by Crippen LogP contribution is 2.24. The summed E-state index contributed by atoms with van der Waals surface area (Å²) in [6, 6.07) is 14.6. The predicted molar refractivity (Wildman–Crippen MR) is 106 cm³/mol. The molecular weight excluding hydrogens is 348 g/mol. The highest BCUT2D eigenvalue weighted by Gasteiger charge is 2.14. The molecule has 0 spiro atoms. The lowest BCUT2D eigenvalue weighted by Crippen LogP contribution is -2.28. The van der Waals surface area contributed by atoms with Gasteiger partial charge < -0.3 is 16.4 Å². The van der Waals surface area contributed by atoms with Crippen LogP contribution in [-0.2, 0) is 11.2 Å². The molecule has 1 unspecified atom stereocenters. The van der Waals surface area contributed by atoms with E-state index < -0.39 is 5.91 Å². The first kappa shape index (κ1) is 19.4. The van der Waals surface area contributed by atoms with Crippen LogP contribution in [0.1, 0.15) is 31.0 Å². The third-order valence-corrected chi connectivity index (χ3v) is 4.28. The standard InChI is InChI=1S/C20H21ClN4O/c1-3-14-4-6-15(7-5-14)13(2)25-20(26)16(11-22)12-24-19-9-8-17(23)10-18(19)21/h4-10,12-13,24H,3,23H2,1-2H3,(H,25,26)/b16-12-. The van der Waals surface area contributed by atoms with Gasteiger partial charge in [-0.3, -0.25) is 4.79 Å². The largest absolute Gasteiger partial charge is 0.399 e. The average Bonchev–Trinajstić information content (AvgIpc) is 2.63. The van der Waals surface area contributed by atoms with E-state index in [0.717, 1.165) is 12.0 Å².